The van der Waals surface area contributed by atoms with E-state index in [1.165, 1.54) is 41.8 Å². The van der Waals surface area contributed by atoms with Crippen LogP contribution < -0.4 is 5.32 Å². The molecule has 146 valence electrons. The maximum Gasteiger partial charge on any atom is 0.257 e. The average molecular weight is 422 g/mol. The van der Waals surface area contributed by atoms with Crippen molar-refractivity contribution in [3.63, 3.8) is 0 Å². The Balaban J connectivity index is 1.65. The number of rotatable bonds is 6. The molecular weight excluding hydrogens is 406 g/mol. The smallest absolute Gasteiger partial charge is 0.257 e. The molecule has 1 heterocycles. The lowest BCUT2D eigenvalue weighted by Gasteiger charge is -2.04. The van der Waals surface area contributed by atoms with Crippen LogP contribution in [-0.2, 0) is 22.0 Å². The van der Waals surface area contributed by atoms with Gasteiger partial charge in [0, 0.05) is 35.4 Å². The maximum atomic E-state index is 13.7. The average Bonchev–Trinajstić information content (AvgIpc) is 3.03. The summed E-state index contributed by atoms with van der Waals surface area (Å²) < 4.78 is 49.3. The van der Waals surface area contributed by atoms with Crippen molar-refractivity contribution in [1.29, 1.82) is 0 Å². The lowest BCUT2D eigenvalue weighted by atomic mass is 10.1. The van der Waals surface area contributed by atoms with E-state index in [0.717, 1.165) is 12.3 Å². The minimum atomic E-state index is -3.14. The lowest BCUT2D eigenvalue weighted by molar-refractivity contribution is 0.102. The number of sulfone groups is 1. The first kappa shape index (κ1) is 20.1. The Morgan fingerprint density at radius 1 is 1.14 bits per heavy atom. The summed E-state index contributed by atoms with van der Waals surface area (Å²) in [5, 5.41) is 3.00. The van der Waals surface area contributed by atoms with E-state index in [0.29, 0.717) is 26.7 Å². The Morgan fingerprint density at radius 2 is 1.86 bits per heavy atom. The molecule has 0 aliphatic heterocycles. The van der Waals surface area contributed by atoms with Crippen LogP contribution in [0.3, 0.4) is 0 Å². The SMILES string of the molecule is CS(=O)(=O)Cc1ccc(C(=O)Nc2ncc(Cc3ccc(F)cc3F)s2)cc1. The van der Waals surface area contributed by atoms with E-state index in [4.69, 9.17) is 0 Å². The number of nitrogens with zero attached hydrogens (tertiary/aromatic N) is 1. The first-order valence-electron chi connectivity index (χ1n) is 8.16. The Kier molecular flexibility index (Phi) is 5.85. The van der Waals surface area contributed by atoms with Crippen LogP contribution in [0.2, 0.25) is 0 Å². The van der Waals surface area contributed by atoms with Crippen molar-refractivity contribution in [1.82, 2.24) is 4.98 Å². The second kappa shape index (κ2) is 8.15. The van der Waals surface area contributed by atoms with Gasteiger partial charge in [-0.05, 0) is 29.3 Å². The molecule has 0 unspecified atom stereocenters. The molecule has 0 spiro atoms. The molecule has 2 aromatic carbocycles. The molecule has 3 rings (SSSR count). The topological polar surface area (TPSA) is 76.1 Å². The third kappa shape index (κ3) is 5.43. The normalized spacial score (nSPS) is 11.4. The fourth-order valence-corrected chi connectivity index (χ4v) is 4.15. The maximum absolute atomic E-state index is 13.7. The van der Waals surface area contributed by atoms with Gasteiger partial charge < -0.3 is 0 Å². The van der Waals surface area contributed by atoms with Crippen LogP contribution >= 0.6 is 11.3 Å². The van der Waals surface area contributed by atoms with Crippen molar-refractivity contribution in [2.45, 2.75) is 12.2 Å². The van der Waals surface area contributed by atoms with Crippen LogP contribution in [0.1, 0.15) is 26.4 Å². The first-order chi connectivity index (χ1) is 13.2. The van der Waals surface area contributed by atoms with E-state index in [2.05, 4.69) is 10.3 Å². The van der Waals surface area contributed by atoms with Crippen LogP contribution in [0.25, 0.3) is 0 Å². The van der Waals surface area contributed by atoms with Crippen molar-refractivity contribution in [3.8, 4) is 0 Å². The monoisotopic (exact) mass is 422 g/mol. The van der Waals surface area contributed by atoms with Crippen LogP contribution in [-0.4, -0.2) is 25.6 Å². The van der Waals surface area contributed by atoms with Crippen LogP contribution in [0.5, 0.6) is 0 Å². The molecule has 0 radical (unpaired) electrons. The molecule has 0 atom stereocenters. The number of carbonyl (C=O) groups is 1. The number of nitrogens with one attached hydrogen (secondary N) is 1. The summed E-state index contributed by atoms with van der Waals surface area (Å²) in [7, 11) is -3.14. The zero-order chi connectivity index (χ0) is 20.3. The zero-order valence-electron chi connectivity index (χ0n) is 14.8. The molecule has 0 saturated heterocycles. The van der Waals surface area contributed by atoms with Gasteiger partial charge in [0.1, 0.15) is 11.6 Å². The lowest BCUT2D eigenvalue weighted by Crippen LogP contribution is -2.11. The van der Waals surface area contributed by atoms with E-state index >= 15 is 0 Å². The van der Waals surface area contributed by atoms with E-state index in [1.54, 1.807) is 12.1 Å². The highest BCUT2D eigenvalue weighted by Gasteiger charge is 2.12. The minimum Gasteiger partial charge on any atom is -0.298 e. The van der Waals surface area contributed by atoms with Gasteiger partial charge in [-0.15, -0.1) is 11.3 Å². The van der Waals surface area contributed by atoms with Crippen LogP contribution in [0.4, 0.5) is 13.9 Å². The number of amides is 1. The Hall–Kier alpha value is -2.65. The summed E-state index contributed by atoms with van der Waals surface area (Å²) in [4.78, 5) is 17.1. The number of hydrogen-bond acceptors (Lipinski definition) is 5. The molecule has 1 N–H and O–H groups in total. The van der Waals surface area contributed by atoms with E-state index in [9.17, 15) is 22.0 Å². The van der Waals surface area contributed by atoms with Gasteiger partial charge in [0.2, 0.25) is 0 Å². The van der Waals surface area contributed by atoms with Gasteiger partial charge in [0.15, 0.2) is 15.0 Å². The molecule has 9 heteroatoms. The van der Waals surface area contributed by atoms with Gasteiger partial charge >= 0.3 is 0 Å². The second-order valence-electron chi connectivity index (χ2n) is 6.27. The molecule has 0 bridgehead atoms. The summed E-state index contributed by atoms with van der Waals surface area (Å²) in [5.74, 6) is -1.75. The number of aromatic nitrogens is 1. The summed E-state index contributed by atoms with van der Waals surface area (Å²) in [6, 6.07) is 9.64. The van der Waals surface area contributed by atoms with Gasteiger partial charge in [0.05, 0.1) is 5.75 Å². The number of hydrogen-bond donors (Lipinski definition) is 1. The highest BCUT2D eigenvalue weighted by atomic mass is 32.2. The third-order valence-electron chi connectivity index (χ3n) is 3.80. The largest absolute Gasteiger partial charge is 0.298 e. The van der Waals surface area contributed by atoms with E-state index < -0.39 is 21.5 Å². The third-order valence-corrected chi connectivity index (χ3v) is 5.57. The molecule has 28 heavy (non-hydrogen) atoms. The highest BCUT2D eigenvalue weighted by Crippen LogP contribution is 2.23. The Bertz CT molecular complexity index is 1110. The molecule has 0 fully saturated rings. The Morgan fingerprint density at radius 3 is 2.50 bits per heavy atom. The fraction of sp³-hybridized carbons (Fsp3) is 0.158. The van der Waals surface area contributed by atoms with E-state index in [1.807, 2.05) is 0 Å². The van der Waals surface area contributed by atoms with Crippen molar-refractivity contribution >= 4 is 32.2 Å². The van der Waals surface area contributed by atoms with E-state index in [-0.39, 0.29) is 18.1 Å². The van der Waals surface area contributed by atoms with Crippen LogP contribution in [0, 0.1) is 11.6 Å². The van der Waals surface area contributed by atoms with Gasteiger partial charge in [0.25, 0.3) is 5.91 Å². The second-order valence-corrected chi connectivity index (χ2v) is 9.52. The standard InChI is InChI=1S/C19H16F2N2O3S2/c1-28(25,26)11-12-2-4-13(5-3-12)18(24)23-19-22-10-16(27-19)8-14-6-7-15(20)9-17(14)21/h2-7,9-10H,8,11H2,1H3,(H,22,23,24). The van der Waals surface area contributed by atoms with Crippen LogP contribution in [0.15, 0.2) is 48.7 Å². The number of carbonyl (C=O) groups excluding carboxylic acids is 1. The molecule has 1 amide bonds. The number of anilines is 1. The molecule has 0 aliphatic rings. The predicted molar refractivity (Wildman–Crippen MR) is 104 cm³/mol. The van der Waals surface area contributed by atoms with Gasteiger partial charge in [-0.2, -0.15) is 0 Å². The summed E-state index contributed by atoms with van der Waals surface area (Å²) in [5.41, 5.74) is 1.29. The molecular formula is C19H16F2N2O3S2. The predicted octanol–water partition coefficient (Wildman–Crippen LogP) is 3.81. The number of benzene rings is 2. The summed E-state index contributed by atoms with van der Waals surface area (Å²) >= 11 is 1.19. The van der Waals surface area contributed by atoms with Crippen molar-refractivity contribution < 1.29 is 22.0 Å². The molecule has 0 saturated carbocycles. The molecule has 0 aliphatic carbocycles. The summed E-state index contributed by atoms with van der Waals surface area (Å²) in [6.07, 6.45) is 2.91. The van der Waals surface area contributed by atoms with Gasteiger partial charge in [-0.25, -0.2) is 22.2 Å². The molecule has 3 aromatic rings. The van der Waals surface area contributed by atoms with Crippen molar-refractivity contribution in [2.75, 3.05) is 11.6 Å². The van der Waals surface area contributed by atoms with Crippen molar-refractivity contribution in [3.05, 3.63) is 81.9 Å². The van der Waals surface area contributed by atoms with Gasteiger partial charge in [-0.1, -0.05) is 18.2 Å². The molecule has 5 nitrogen and oxygen atoms in total. The quantitative estimate of drug-likeness (QED) is 0.655. The minimum absolute atomic E-state index is 0.0926. The summed E-state index contributed by atoms with van der Waals surface area (Å²) in [6.45, 7) is 0. The zero-order valence-corrected chi connectivity index (χ0v) is 16.4. The number of thiazole rings is 1. The fourth-order valence-electron chi connectivity index (χ4n) is 2.52. The van der Waals surface area contributed by atoms with Crippen molar-refractivity contribution in [2.24, 2.45) is 0 Å². The van der Waals surface area contributed by atoms with Gasteiger partial charge in [-0.3, -0.25) is 10.1 Å². The first-order valence-corrected chi connectivity index (χ1v) is 11.0. The molecule has 1 aromatic heterocycles. The highest BCUT2D eigenvalue weighted by molar-refractivity contribution is 7.89. The Labute approximate surface area is 165 Å². The number of halogens is 2.